The first-order chi connectivity index (χ1) is 9.61. The molecule has 4 heteroatoms. The number of hydrogen-bond donors (Lipinski definition) is 1. The summed E-state index contributed by atoms with van der Waals surface area (Å²) in [5.74, 6) is 1.71. The van der Waals surface area contributed by atoms with Crippen LogP contribution in [0.25, 0.3) is 0 Å². The monoisotopic (exact) mass is 280 g/mol. The molecule has 0 radical (unpaired) electrons. The minimum Gasteiger partial charge on any atom is -0.497 e. The highest BCUT2D eigenvalue weighted by atomic mass is 16.5. The van der Waals surface area contributed by atoms with Crippen molar-refractivity contribution in [1.82, 2.24) is 4.90 Å². The van der Waals surface area contributed by atoms with Crippen LogP contribution >= 0.6 is 0 Å². The van der Waals surface area contributed by atoms with Gasteiger partial charge in [0.15, 0.2) is 0 Å². The van der Waals surface area contributed by atoms with Crippen molar-refractivity contribution in [3.05, 3.63) is 24.3 Å². The minimum absolute atomic E-state index is 0.0866. The first kappa shape index (κ1) is 16.8. The molecule has 0 aliphatic carbocycles. The predicted octanol–water partition coefficient (Wildman–Crippen LogP) is 2.52. The zero-order valence-corrected chi connectivity index (χ0v) is 13.2. The Bertz CT molecular complexity index is 366. The molecule has 0 heterocycles. The molecule has 0 unspecified atom stereocenters. The summed E-state index contributed by atoms with van der Waals surface area (Å²) < 4.78 is 10.9. The lowest BCUT2D eigenvalue weighted by atomic mass is 9.91. The Hall–Kier alpha value is -1.26. The molecule has 4 nitrogen and oxygen atoms in total. The summed E-state index contributed by atoms with van der Waals surface area (Å²) in [5, 5.41) is 0. The van der Waals surface area contributed by atoms with Crippen LogP contribution in [0.15, 0.2) is 24.3 Å². The molecule has 0 aliphatic rings. The van der Waals surface area contributed by atoms with E-state index in [1.807, 2.05) is 24.3 Å². The van der Waals surface area contributed by atoms with E-state index in [1.165, 1.54) is 0 Å². The van der Waals surface area contributed by atoms with Crippen molar-refractivity contribution < 1.29 is 9.47 Å². The number of hydrogen-bond acceptors (Lipinski definition) is 4. The van der Waals surface area contributed by atoms with Crippen molar-refractivity contribution in [3.63, 3.8) is 0 Å². The molecule has 114 valence electrons. The Balaban J connectivity index is 2.46. The topological polar surface area (TPSA) is 47.7 Å². The van der Waals surface area contributed by atoms with E-state index in [0.717, 1.165) is 30.9 Å². The normalized spacial score (nSPS) is 11.7. The minimum atomic E-state index is 0.0866. The number of rotatable bonds is 9. The third-order valence-corrected chi connectivity index (χ3v) is 4.26. The number of nitrogens with zero attached hydrogens (tertiary/aromatic N) is 1. The van der Waals surface area contributed by atoms with Crippen LogP contribution in [0.4, 0.5) is 0 Å². The second-order valence-electron chi connectivity index (χ2n) is 5.08. The summed E-state index contributed by atoms with van der Waals surface area (Å²) in [6.45, 7) is 6.59. The SMILES string of the molecule is CCC(CC)(CN)N(C)CCOc1ccc(OC)cc1. The fourth-order valence-corrected chi connectivity index (χ4v) is 2.44. The van der Waals surface area contributed by atoms with Gasteiger partial charge in [-0.2, -0.15) is 0 Å². The first-order valence-corrected chi connectivity index (χ1v) is 7.30. The van der Waals surface area contributed by atoms with Crippen LogP contribution < -0.4 is 15.2 Å². The van der Waals surface area contributed by atoms with E-state index in [2.05, 4.69) is 25.8 Å². The van der Waals surface area contributed by atoms with Crippen LogP contribution in [0.3, 0.4) is 0 Å². The second kappa shape index (κ2) is 8.12. The molecule has 1 aromatic carbocycles. The summed E-state index contributed by atoms with van der Waals surface area (Å²) in [6, 6.07) is 7.66. The lowest BCUT2D eigenvalue weighted by Crippen LogP contribution is -2.52. The maximum absolute atomic E-state index is 5.95. The van der Waals surface area contributed by atoms with Crippen molar-refractivity contribution in [3.8, 4) is 11.5 Å². The summed E-state index contributed by atoms with van der Waals surface area (Å²) in [6.07, 6.45) is 2.11. The van der Waals surface area contributed by atoms with Crippen molar-refractivity contribution in [1.29, 1.82) is 0 Å². The second-order valence-corrected chi connectivity index (χ2v) is 5.08. The molecule has 0 saturated heterocycles. The average Bonchev–Trinajstić information content (AvgIpc) is 2.50. The number of likely N-dealkylation sites (N-methyl/N-ethyl adjacent to an activating group) is 1. The van der Waals surface area contributed by atoms with E-state index in [0.29, 0.717) is 13.2 Å². The van der Waals surface area contributed by atoms with E-state index in [9.17, 15) is 0 Å². The number of benzene rings is 1. The van der Waals surface area contributed by atoms with Crippen LogP contribution in [-0.4, -0.2) is 44.3 Å². The molecule has 0 amide bonds. The average molecular weight is 280 g/mol. The molecule has 20 heavy (non-hydrogen) atoms. The van der Waals surface area contributed by atoms with Crippen molar-refractivity contribution in [2.24, 2.45) is 5.73 Å². The molecule has 0 aromatic heterocycles. The molecular weight excluding hydrogens is 252 g/mol. The summed E-state index contributed by atoms with van der Waals surface area (Å²) in [7, 11) is 3.78. The highest BCUT2D eigenvalue weighted by molar-refractivity contribution is 5.31. The fourth-order valence-electron chi connectivity index (χ4n) is 2.44. The Morgan fingerprint density at radius 1 is 1.10 bits per heavy atom. The zero-order valence-electron chi connectivity index (χ0n) is 13.2. The number of methoxy groups -OCH3 is 1. The lowest BCUT2D eigenvalue weighted by Gasteiger charge is -2.40. The predicted molar refractivity (Wildman–Crippen MR) is 83.5 cm³/mol. The third-order valence-electron chi connectivity index (χ3n) is 4.26. The molecular formula is C16H28N2O2. The van der Waals surface area contributed by atoms with Gasteiger partial charge >= 0.3 is 0 Å². The zero-order chi connectivity index (χ0) is 15.0. The molecule has 1 aromatic rings. The van der Waals surface area contributed by atoms with Crippen molar-refractivity contribution in [2.75, 3.05) is 33.9 Å². The van der Waals surface area contributed by atoms with E-state index < -0.39 is 0 Å². The van der Waals surface area contributed by atoms with E-state index in [-0.39, 0.29) is 5.54 Å². The Kier molecular flexibility index (Phi) is 6.82. The van der Waals surface area contributed by atoms with Gasteiger partial charge in [-0.25, -0.2) is 0 Å². The Labute approximate surface area is 122 Å². The molecule has 0 saturated carbocycles. The number of nitrogens with two attached hydrogens (primary N) is 1. The van der Waals surface area contributed by atoms with Gasteiger partial charge in [0.25, 0.3) is 0 Å². The maximum Gasteiger partial charge on any atom is 0.119 e. The van der Waals surface area contributed by atoms with Gasteiger partial charge < -0.3 is 15.2 Å². The van der Waals surface area contributed by atoms with Gasteiger partial charge in [0.2, 0.25) is 0 Å². The van der Waals surface area contributed by atoms with Crippen molar-refractivity contribution >= 4 is 0 Å². The van der Waals surface area contributed by atoms with E-state index >= 15 is 0 Å². The fraction of sp³-hybridized carbons (Fsp3) is 0.625. The summed E-state index contributed by atoms with van der Waals surface area (Å²) in [5.41, 5.74) is 6.03. The van der Waals surface area contributed by atoms with Crippen molar-refractivity contribution in [2.45, 2.75) is 32.2 Å². The van der Waals surface area contributed by atoms with Crippen LogP contribution in [-0.2, 0) is 0 Å². The van der Waals surface area contributed by atoms with Crippen LogP contribution in [0.2, 0.25) is 0 Å². The lowest BCUT2D eigenvalue weighted by molar-refractivity contribution is 0.0967. The molecule has 1 rings (SSSR count). The highest BCUT2D eigenvalue weighted by Gasteiger charge is 2.28. The highest BCUT2D eigenvalue weighted by Crippen LogP contribution is 2.21. The standard InChI is InChI=1S/C16H28N2O2/c1-5-16(6-2,13-17)18(3)11-12-20-15-9-7-14(19-4)8-10-15/h7-10H,5-6,11-13,17H2,1-4H3. The molecule has 0 aliphatic heterocycles. The molecule has 0 atom stereocenters. The van der Waals surface area contributed by atoms with Gasteiger partial charge in [0, 0.05) is 18.6 Å². The maximum atomic E-state index is 5.95. The summed E-state index contributed by atoms with van der Waals surface area (Å²) >= 11 is 0. The van der Waals surface area contributed by atoms with Gasteiger partial charge in [0.1, 0.15) is 18.1 Å². The third kappa shape index (κ3) is 4.12. The largest absolute Gasteiger partial charge is 0.497 e. The molecule has 0 spiro atoms. The van der Waals surface area contributed by atoms with Crippen LogP contribution in [0, 0.1) is 0 Å². The van der Waals surface area contributed by atoms with Crippen LogP contribution in [0.1, 0.15) is 26.7 Å². The smallest absolute Gasteiger partial charge is 0.119 e. The van der Waals surface area contributed by atoms with Gasteiger partial charge in [-0.05, 0) is 44.2 Å². The van der Waals surface area contributed by atoms with E-state index in [4.69, 9.17) is 15.2 Å². The molecule has 0 fully saturated rings. The van der Waals surface area contributed by atoms with Crippen LogP contribution in [0.5, 0.6) is 11.5 Å². The molecule has 0 bridgehead atoms. The Morgan fingerprint density at radius 2 is 1.65 bits per heavy atom. The van der Waals surface area contributed by atoms with E-state index in [1.54, 1.807) is 7.11 Å². The van der Waals surface area contributed by atoms with Gasteiger partial charge in [-0.15, -0.1) is 0 Å². The summed E-state index contributed by atoms with van der Waals surface area (Å²) in [4.78, 5) is 2.32. The Morgan fingerprint density at radius 3 is 2.10 bits per heavy atom. The number of ether oxygens (including phenoxy) is 2. The quantitative estimate of drug-likeness (QED) is 0.755. The van der Waals surface area contributed by atoms with Gasteiger partial charge in [-0.1, -0.05) is 13.8 Å². The first-order valence-electron chi connectivity index (χ1n) is 7.30. The molecule has 2 N–H and O–H groups in total. The van der Waals surface area contributed by atoms with Gasteiger partial charge in [0.05, 0.1) is 7.11 Å². The van der Waals surface area contributed by atoms with Gasteiger partial charge in [-0.3, -0.25) is 4.90 Å².